The van der Waals surface area contributed by atoms with Gasteiger partial charge in [0.15, 0.2) is 11.6 Å². The van der Waals surface area contributed by atoms with Gasteiger partial charge >= 0.3 is 0 Å². The lowest BCUT2D eigenvalue weighted by atomic mass is 9.95. The van der Waals surface area contributed by atoms with E-state index in [2.05, 4.69) is 19.2 Å². The number of hydrogen-bond donors (Lipinski definition) is 1. The Kier molecular flexibility index (Phi) is 4.17. The van der Waals surface area contributed by atoms with Gasteiger partial charge in [0, 0.05) is 12.6 Å². The van der Waals surface area contributed by atoms with E-state index in [9.17, 15) is 8.78 Å². The molecule has 0 aromatic heterocycles. The van der Waals surface area contributed by atoms with Gasteiger partial charge in [0.25, 0.3) is 0 Å². The van der Waals surface area contributed by atoms with Crippen molar-refractivity contribution in [1.82, 2.24) is 0 Å². The molecule has 1 fully saturated rings. The van der Waals surface area contributed by atoms with E-state index in [1.807, 2.05) is 0 Å². The van der Waals surface area contributed by atoms with Gasteiger partial charge in [-0.1, -0.05) is 19.9 Å². The molecule has 2 rings (SSSR count). The standard InChI is InChI=1S/C14H19F2NO/c1-9(2)13-8-10(6-7-18-13)17-12-5-3-4-11(15)14(12)16/h3-5,9-10,13,17H,6-8H2,1-2H3. The summed E-state index contributed by atoms with van der Waals surface area (Å²) in [4.78, 5) is 0. The van der Waals surface area contributed by atoms with Crippen molar-refractivity contribution in [3.8, 4) is 0 Å². The van der Waals surface area contributed by atoms with Gasteiger partial charge in [-0.3, -0.25) is 0 Å². The third-order valence-electron chi connectivity index (χ3n) is 3.37. The van der Waals surface area contributed by atoms with E-state index in [0.717, 1.165) is 18.9 Å². The van der Waals surface area contributed by atoms with Crippen molar-refractivity contribution in [2.24, 2.45) is 5.92 Å². The molecule has 0 bridgehead atoms. The Bertz CT molecular complexity index is 409. The molecule has 1 saturated heterocycles. The van der Waals surface area contributed by atoms with Gasteiger partial charge in [0.2, 0.25) is 0 Å². The Balaban J connectivity index is 2.03. The van der Waals surface area contributed by atoms with Crippen molar-refractivity contribution in [1.29, 1.82) is 0 Å². The lowest BCUT2D eigenvalue weighted by Crippen LogP contribution is -2.36. The van der Waals surface area contributed by atoms with Crippen LogP contribution in [0.2, 0.25) is 0 Å². The maximum Gasteiger partial charge on any atom is 0.181 e. The summed E-state index contributed by atoms with van der Waals surface area (Å²) in [6.07, 6.45) is 1.83. The zero-order valence-corrected chi connectivity index (χ0v) is 10.7. The number of rotatable bonds is 3. The first-order chi connectivity index (χ1) is 8.58. The fourth-order valence-corrected chi connectivity index (χ4v) is 2.26. The number of ether oxygens (including phenoxy) is 1. The molecule has 0 saturated carbocycles. The molecule has 0 aliphatic carbocycles. The fraction of sp³-hybridized carbons (Fsp3) is 0.571. The van der Waals surface area contributed by atoms with Crippen molar-refractivity contribution < 1.29 is 13.5 Å². The predicted octanol–water partition coefficient (Wildman–Crippen LogP) is 3.58. The summed E-state index contributed by atoms with van der Waals surface area (Å²) in [5.74, 6) is -1.18. The summed E-state index contributed by atoms with van der Waals surface area (Å²) in [7, 11) is 0. The summed E-state index contributed by atoms with van der Waals surface area (Å²) < 4.78 is 32.3. The number of hydrogen-bond acceptors (Lipinski definition) is 2. The molecule has 18 heavy (non-hydrogen) atoms. The predicted molar refractivity (Wildman–Crippen MR) is 67.6 cm³/mol. The van der Waals surface area contributed by atoms with E-state index in [1.54, 1.807) is 6.07 Å². The van der Waals surface area contributed by atoms with Gasteiger partial charge in [-0.05, 0) is 30.9 Å². The smallest absolute Gasteiger partial charge is 0.181 e. The van der Waals surface area contributed by atoms with Crippen LogP contribution in [0.15, 0.2) is 18.2 Å². The Morgan fingerprint density at radius 3 is 2.83 bits per heavy atom. The minimum atomic E-state index is -0.813. The largest absolute Gasteiger partial charge is 0.380 e. The molecule has 100 valence electrons. The van der Waals surface area contributed by atoms with Crippen LogP contribution in [0.1, 0.15) is 26.7 Å². The van der Waals surface area contributed by atoms with Crippen LogP contribution in [0.4, 0.5) is 14.5 Å². The van der Waals surface area contributed by atoms with Crippen LogP contribution >= 0.6 is 0 Å². The molecule has 2 unspecified atom stereocenters. The molecule has 4 heteroatoms. The van der Waals surface area contributed by atoms with Crippen molar-refractivity contribution in [3.05, 3.63) is 29.8 Å². The van der Waals surface area contributed by atoms with Crippen LogP contribution in [0.5, 0.6) is 0 Å². The van der Waals surface area contributed by atoms with E-state index in [1.165, 1.54) is 6.07 Å². The second kappa shape index (κ2) is 5.65. The van der Waals surface area contributed by atoms with E-state index >= 15 is 0 Å². The Morgan fingerprint density at radius 2 is 2.11 bits per heavy atom. The molecule has 0 spiro atoms. The quantitative estimate of drug-likeness (QED) is 0.891. The number of nitrogens with one attached hydrogen (secondary N) is 1. The molecule has 1 N–H and O–H groups in total. The van der Waals surface area contributed by atoms with Crippen molar-refractivity contribution in [3.63, 3.8) is 0 Å². The number of benzene rings is 1. The fourth-order valence-electron chi connectivity index (χ4n) is 2.26. The van der Waals surface area contributed by atoms with Crippen LogP contribution in [0, 0.1) is 17.6 Å². The molecule has 2 atom stereocenters. The molecule has 1 heterocycles. The highest BCUT2D eigenvalue weighted by Gasteiger charge is 2.25. The SMILES string of the molecule is CC(C)C1CC(Nc2cccc(F)c2F)CCO1. The molecular formula is C14H19F2NO. The zero-order valence-electron chi connectivity index (χ0n) is 10.7. The van der Waals surface area contributed by atoms with Crippen LogP contribution in [0.3, 0.4) is 0 Å². The van der Waals surface area contributed by atoms with Gasteiger partial charge in [-0.15, -0.1) is 0 Å². The second-order valence-electron chi connectivity index (χ2n) is 5.12. The molecule has 1 aliphatic heterocycles. The van der Waals surface area contributed by atoms with Crippen LogP contribution < -0.4 is 5.32 Å². The molecule has 0 amide bonds. The third kappa shape index (κ3) is 2.99. The van der Waals surface area contributed by atoms with Crippen molar-refractivity contribution in [2.45, 2.75) is 38.8 Å². The highest BCUT2D eigenvalue weighted by Crippen LogP contribution is 2.25. The van der Waals surface area contributed by atoms with E-state index in [0.29, 0.717) is 12.5 Å². The van der Waals surface area contributed by atoms with E-state index in [-0.39, 0.29) is 17.8 Å². The molecule has 1 aromatic rings. The monoisotopic (exact) mass is 255 g/mol. The summed E-state index contributed by atoms with van der Waals surface area (Å²) in [6.45, 7) is 4.88. The van der Waals surface area contributed by atoms with Gasteiger partial charge in [-0.2, -0.15) is 0 Å². The van der Waals surface area contributed by atoms with Crippen LogP contribution in [-0.2, 0) is 4.74 Å². The Labute approximate surface area is 106 Å². The van der Waals surface area contributed by atoms with Gasteiger partial charge in [-0.25, -0.2) is 8.78 Å². The summed E-state index contributed by atoms with van der Waals surface area (Å²) in [5.41, 5.74) is 0.240. The normalized spacial score (nSPS) is 24.3. The molecule has 1 aromatic carbocycles. The summed E-state index contributed by atoms with van der Waals surface area (Å²) in [5, 5.41) is 3.08. The number of anilines is 1. The maximum absolute atomic E-state index is 13.5. The molecular weight excluding hydrogens is 236 g/mol. The topological polar surface area (TPSA) is 21.3 Å². The van der Waals surface area contributed by atoms with Gasteiger partial charge in [0.1, 0.15) is 0 Å². The first kappa shape index (κ1) is 13.3. The highest BCUT2D eigenvalue weighted by atomic mass is 19.2. The minimum absolute atomic E-state index is 0.141. The zero-order chi connectivity index (χ0) is 13.1. The van der Waals surface area contributed by atoms with Crippen LogP contribution in [0.25, 0.3) is 0 Å². The lowest BCUT2D eigenvalue weighted by molar-refractivity contribution is -0.0161. The molecule has 1 aliphatic rings. The maximum atomic E-state index is 13.5. The first-order valence-electron chi connectivity index (χ1n) is 6.40. The number of halogens is 2. The lowest BCUT2D eigenvalue weighted by Gasteiger charge is -2.33. The second-order valence-corrected chi connectivity index (χ2v) is 5.12. The summed E-state index contributed by atoms with van der Waals surface area (Å²) in [6, 6.07) is 4.35. The average molecular weight is 255 g/mol. The van der Waals surface area contributed by atoms with Gasteiger partial charge < -0.3 is 10.1 Å². The third-order valence-corrected chi connectivity index (χ3v) is 3.37. The van der Waals surface area contributed by atoms with E-state index in [4.69, 9.17) is 4.74 Å². The first-order valence-corrected chi connectivity index (χ1v) is 6.40. The van der Waals surface area contributed by atoms with Crippen molar-refractivity contribution in [2.75, 3.05) is 11.9 Å². The minimum Gasteiger partial charge on any atom is -0.380 e. The molecule has 0 radical (unpaired) electrons. The molecule has 2 nitrogen and oxygen atoms in total. The van der Waals surface area contributed by atoms with Crippen LogP contribution in [-0.4, -0.2) is 18.8 Å². The highest BCUT2D eigenvalue weighted by molar-refractivity contribution is 5.45. The van der Waals surface area contributed by atoms with Crippen molar-refractivity contribution >= 4 is 5.69 Å². The van der Waals surface area contributed by atoms with Gasteiger partial charge in [0.05, 0.1) is 11.8 Å². The Morgan fingerprint density at radius 1 is 1.33 bits per heavy atom. The Hall–Kier alpha value is -1.16. The summed E-state index contributed by atoms with van der Waals surface area (Å²) >= 11 is 0. The van der Waals surface area contributed by atoms with E-state index < -0.39 is 11.6 Å². The average Bonchev–Trinajstić information content (AvgIpc) is 2.35.